The molecule has 0 spiro atoms. The molecule has 9 heteroatoms. The summed E-state index contributed by atoms with van der Waals surface area (Å²) in [5.41, 5.74) is 7.35. The van der Waals surface area contributed by atoms with E-state index in [1.807, 2.05) is 13.8 Å². The Kier molecular flexibility index (Phi) is 5.72. The minimum absolute atomic E-state index is 0.0218. The summed E-state index contributed by atoms with van der Waals surface area (Å²) in [6.45, 7) is 3.87. The zero-order chi connectivity index (χ0) is 24.8. The standard InChI is InChI=1S/C25H24FN3O5/c1-25(2)12-18-21(19(30)13-25)20(14-8-10-15(11-9-14)29(32)33)22(24(31)34-3)23(27)28(18)17-7-5-4-6-16(17)26/h4-11,20H,12-13,27H2,1-3H3. The van der Waals surface area contributed by atoms with Crippen molar-refractivity contribution in [2.24, 2.45) is 11.1 Å². The molecule has 1 aliphatic heterocycles. The largest absolute Gasteiger partial charge is 0.466 e. The zero-order valence-corrected chi connectivity index (χ0v) is 19.0. The molecule has 0 bridgehead atoms. The normalized spacial score (nSPS) is 19.7. The number of nitrogens with two attached hydrogens (primary N) is 1. The van der Waals surface area contributed by atoms with Gasteiger partial charge in [0.2, 0.25) is 0 Å². The summed E-state index contributed by atoms with van der Waals surface area (Å²) in [5.74, 6) is -2.50. The first-order chi connectivity index (χ1) is 16.1. The summed E-state index contributed by atoms with van der Waals surface area (Å²) in [6.07, 6.45) is 0.621. The number of rotatable bonds is 4. The molecule has 8 nitrogen and oxygen atoms in total. The van der Waals surface area contributed by atoms with Crippen LogP contribution in [-0.2, 0) is 14.3 Å². The van der Waals surface area contributed by atoms with E-state index in [9.17, 15) is 24.1 Å². The van der Waals surface area contributed by atoms with Gasteiger partial charge in [-0.05, 0) is 29.5 Å². The van der Waals surface area contributed by atoms with Crippen LogP contribution in [0.25, 0.3) is 0 Å². The number of anilines is 1. The molecular weight excluding hydrogens is 441 g/mol. The van der Waals surface area contributed by atoms with Crippen LogP contribution in [0.15, 0.2) is 71.2 Å². The molecule has 1 heterocycles. The van der Waals surface area contributed by atoms with Gasteiger partial charge in [0.1, 0.15) is 11.6 Å². The maximum absolute atomic E-state index is 14.9. The van der Waals surface area contributed by atoms with Crippen molar-refractivity contribution >= 4 is 23.1 Å². The molecule has 0 aromatic heterocycles. The summed E-state index contributed by atoms with van der Waals surface area (Å²) in [6, 6.07) is 11.6. The lowest BCUT2D eigenvalue weighted by molar-refractivity contribution is -0.384. The number of para-hydroxylation sites is 1. The number of methoxy groups -OCH3 is 1. The van der Waals surface area contributed by atoms with E-state index in [2.05, 4.69) is 0 Å². The molecule has 0 amide bonds. The fraction of sp³-hybridized carbons (Fsp3) is 0.280. The van der Waals surface area contributed by atoms with Crippen molar-refractivity contribution in [3.63, 3.8) is 0 Å². The molecule has 2 aromatic carbocycles. The second kappa shape index (κ2) is 8.40. The third-order valence-electron chi connectivity index (χ3n) is 6.20. The summed E-state index contributed by atoms with van der Waals surface area (Å²) in [7, 11) is 1.19. The number of benzene rings is 2. The number of allylic oxidation sites excluding steroid dienone is 2. The van der Waals surface area contributed by atoms with Crippen molar-refractivity contribution in [1.82, 2.24) is 0 Å². The SMILES string of the molecule is COC(=O)C1=C(N)N(c2ccccc2F)C2=C(C(=O)CC(C)(C)C2)C1c1ccc([N+](=O)[O-])cc1. The summed E-state index contributed by atoms with van der Waals surface area (Å²) in [5, 5.41) is 11.1. The van der Waals surface area contributed by atoms with Gasteiger partial charge >= 0.3 is 5.97 Å². The first-order valence-electron chi connectivity index (χ1n) is 10.7. The van der Waals surface area contributed by atoms with Crippen molar-refractivity contribution in [2.45, 2.75) is 32.6 Å². The lowest BCUT2D eigenvalue weighted by atomic mass is 9.68. The molecule has 34 heavy (non-hydrogen) atoms. The van der Waals surface area contributed by atoms with Crippen molar-refractivity contribution in [1.29, 1.82) is 0 Å². The minimum atomic E-state index is -0.908. The van der Waals surface area contributed by atoms with Gasteiger partial charge in [0, 0.05) is 29.8 Å². The van der Waals surface area contributed by atoms with Gasteiger partial charge in [-0.3, -0.25) is 19.8 Å². The highest BCUT2D eigenvalue weighted by atomic mass is 19.1. The van der Waals surface area contributed by atoms with Crippen LogP contribution >= 0.6 is 0 Å². The molecule has 0 radical (unpaired) electrons. The number of Topliss-reactive ketones (excluding diaryl/α,β-unsaturated/α-hetero) is 1. The van der Waals surface area contributed by atoms with Crippen molar-refractivity contribution in [2.75, 3.05) is 12.0 Å². The number of ether oxygens (including phenoxy) is 1. The van der Waals surface area contributed by atoms with E-state index in [1.165, 1.54) is 54.5 Å². The first-order valence-corrected chi connectivity index (χ1v) is 10.7. The average molecular weight is 465 g/mol. The van der Waals surface area contributed by atoms with E-state index in [4.69, 9.17) is 10.5 Å². The van der Waals surface area contributed by atoms with Gasteiger partial charge in [-0.1, -0.05) is 38.1 Å². The van der Waals surface area contributed by atoms with Crippen molar-refractivity contribution in [3.05, 3.63) is 92.7 Å². The van der Waals surface area contributed by atoms with Crippen LogP contribution < -0.4 is 10.6 Å². The Morgan fingerprint density at radius 3 is 2.41 bits per heavy atom. The molecule has 2 N–H and O–H groups in total. The Morgan fingerprint density at radius 2 is 1.82 bits per heavy atom. The predicted octanol–water partition coefficient (Wildman–Crippen LogP) is 4.32. The number of carbonyl (C=O) groups is 2. The number of halogens is 1. The van der Waals surface area contributed by atoms with E-state index >= 15 is 0 Å². The Balaban J connectivity index is 2.03. The molecule has 2 aromatic rings. The number of nitro groups is 1. The molecule has 2 aliphatic rings. The fourth-order valence-electron chi connectivity index (χ4n) is 4.75. The number of hydrogen-bond acceptors (Lipinski definition) is 7. The average Bonchev–Trinajstić information content (AvgIpc) is 2.78. The second-order valence-corrected chi connectivity index (χ2v) is 9.16. The molecule has 0 saturated heterocycles. The van der Waals surface area contributed by atoms with Gasteiger partial charge < -0.3 is 10.5 Å². The van der Waals surface area contributed by atoms with Crippen LogP contribution in [0, 0.1) is 21.3 Å². The highest BCUT2D eigenvalue weighted by Gasteiger charge is 2.46. The van der Waals surface area contributed by atoms with Crippen LogP contribution in [-0.4, -0.2) is 23.8 Å². The number of nitro benzene ring substituents is 1. The number of esters is 1. The fourth-order valence-corrected chi connectivity index (χ4v) is 4.75. The van der Waals surface area contributed by atoms with Gasteiger partial charge in [0.05, 0.1) is 29.2 Å². The van der Waals surface area contributed by atoms with Crippen LogP contribution in [0.1, 0.15) is 38.2 Å². The molecule has 1 aliphatic carbocycles. The minimum Gasteiger partial charge on any atom is -0.466 e. The van der Waals surface area contributed by atoms with Gasteiger partial charge in [0.25, 0.3) is 5.69 Å². The number of nitrogens with zero attached hydrogens (tertiary/aromatic N) is 2. The monoisotopic (exact) mass is 465 g/mol. The maximum Gasteiger partial charge on any atom is 0.338 e. The van der Waals surface area contributed by atoms with Gasteiger partial charge in [-0.25, -0.2) is 9.18 Å². The third kappa shape index (κ3) is 3.83. The maximum atomic E-state index is 14.9. The Labute approximate surface area is 195 Å². The lowest BCUT2D eigenvalue weighted by Crippen LogP contribution is -2.44. The van der Waals surface area contributed by atoms with E-state index in [-0.39, 0.29) is 35.0 Å². The number of carbonyl (C=O) groups excluding carboxylic acids is 2. The van der Waals surface area contributed by atoms with Gasteiger partial charge in [-0.15, -0.1) is 0 Å². The van der Waals surface area contributed by atoms with Crippen LogP contribution in [0.4, 0.5) is 15.8 Å². The predicted molar refractivity (Wildman–Crippen MR) is 123 cm³/mol. The zero-order valence-electron chi connectivity index (χ0n) is 19.0. The molecule has 1 unspecified atom stereocenters. The van der Waals surface area contributed by atoms with Gasteiger partial charge in [0.15, 0.2) is 5.78 Å². The highest BCUT2D eigenvalue weighted by molar-refractivity contribution is 6.05. The number of non-ortho nitro benzene ring substituents is 1. The van der Waals surface area contributed by atoms with E-state index in [0.717, 1.165) is 0 Å². The first kappa shape index (κ1) is 23.2. The number of hydrogen-bond donors (Lipinski definition) is 1. The number of ketones is 1. The van der Waals surface area contributed by atoms with Crippen molar-refractivity contribution in [3.8, 4) is 0 Å². The van der Waals surface area contributed by atoms with Crippen LogP contribution in [0.5, 0.6) is 0 Å². The second-order valence-electron chi connectivity index (χ2n) is 9.16. The molecule has 0 saturated carbocycles. The Morgan fingerprint density at radius 1 is 1.18 bits per heavy atom. The van der Waals surface area contributed by atoms with E-state index < -0.39 is 28.0 Å². The van der Waals surface area contributed by atoms with Crippen molar-refractivity contribution < 1.29 is 23.6 Å². The molecule has 1 atom stereocenters. The molecular formula is C25H24FN3O5. The summed E-state index contributed by atoms with van der Waals surface area (Å²) in [4.78, 5) is 38.5. The third-order valence-corrected chi connectivity index (χ3v) is 6.20. The molecule has 0 fully saturated rings. The molecule has 176 valence electrons. The summed E-state index contributed by atoms with van der Waals surface area (Å²) >= 11 is 0. The Bertz CT molecular complexity index is 1260. The lowest BCUT2D eigenvalue weighted by Gasteiger charge is -2.44. The molecule has 4 rings (SSSR count). The highest BCUT2D eigenvalue weighted by Crippen LogP contribution is 2.50. The quantitative estimate of drug-likeness (QED) is 0.406. The van der Waals surface area contributed by atoms with E-state index in [0.29, 0.717) is 23.3 Å². The van der Waals surface area contributed by atoms with E-state index in [1.54, 1.807) is 6.07 Å². The van der Waals surface area contributed by atoms with Crippen LogP contribution in [0.2, 0.25) is 0 Å². The van der Waals surface area contributed by atoms with Crippen LogP contribution in [0.3, 0.4) is 0 Å². The Hall–Kier alpha value is -4.01. The smallest absolute Gasteiger partial charge is 0.338 e. The van der Waals surface area contributed by atoms with Gasteiger partial charge in [-0.2, -0.15) is 0 Å². The topological polar surface area (TPSA) is 116 Å². The summed E-state index contributed by atoms with van der Waals surface area (Å²) < 4.78 is 19.9.